The van der Waals surface area contributed by atoms with Crippen molar-refractivity contribution < 1.29 is 19.5 Å². The number of β-amino-alcohol motifs (C(OH)–C–C–N with tert-alkyl or cyclic N) is 1. The van der Waals surface area contributed by atoms with Crippen molar-refractivity contribution in [2.45, 2.75) is 45.5 Å². The summed E-state index contributed by atoms with van der Waals surface area (Å²) in [7, 11) is 0. The average molecular weight is 320 g/mol. The van der Waals surface area contributed by atoms with Crippen LogP contribution in [0.3, 0.4) is 0 Å². The van der Waals surface area contributed by atoms with Gasteiger partial charge in [0.25, 0.3) is 0 Å². The Labute approximate surface area is 136 Å². The fourth-order valence-corrected chi connectivity index (χ4v) is 2.18. The largest absolute Gasteiger partial charge is 0.444 e. The quantitative estimate of drug-likeness (QED) is 0.869. The number of nitrogens with zero attached hydrogens (tertiary/aromatic N) is 2. The number of benzene rings is 1. The van der Waals surface area contributed by atoms with E-state index in [1.165, 1.54) is 4.90 Å². The van der Waals surface area contributed by atoms with Gasteiger partial charge in [-0.1, -0.05) is 35.5 Å². The molecule has 0 bridgehead atoms. The monoisotopic (exact) mass is 320 g/mol. The fraction of sp³-hybridized carbons (Fsp3) is 0.529. The van der Waals surface area contributed by atoms with Gasteiger partial charge >= 0.3 is 6.09 Å². The third-order valence-electron chi connectivity index (χ3n) is 3.32. The molecule has 126 valence electrons. The van der Waals surface area contributed by atoms with Crippen LogP contribution < -0.4 is 0 Å². The summed E-state index contributed by atoms with van der Waals surface area (Å²) >= 11 is 0. The third-order valence-corrected chi connectivity index (χ3v) is 3.32. The molecule has 0 saturated carbocycles. The van der Waals surface area contributed by atoms with Gasteiger partial charge in [0, 0.05) is 13.0 Å². The first-order valence-corrected chi connectivity index (χ1v) is 7.74. The molecule has 1 fully saturated rings. The second-order valence-electron chi connectivity index (χ2n) is 6.53. The van der Waals surface area contributed by atoms with Crippen LogP contribution in [-0.4, -0.2) is 46.6 Å². The highest BCUT2D eigenvalue weighted by Crippen LogP contribution is 2.15. The number of piperidine rings is 1. The first-order chi connectivity index (χ1) is 10.8. The Morgan fingerprint density at radius 1 is 1.35 bits per heavy atom. The van der Waals surface area contributed by atoms with Crippen molar-refractivity contribution >= 4 is 11.8 Å². The predicted molar refractivity (Wildman–Crippen MR) is 87.1 cm³/mol. The molecule has 1 aliphatic heterocycles. The summed E-state index contributed by atoms with van der Waals surface area (Å²) < 4.78 is 5.30. The number of ether oxygens (including phenoxy) is 1. The van der Waals surface area contributed by atoms with Crippen LogP contribution in [-0.2, 0) is 16.2 Å². The Morgan fingerprint density at radius 3 is 2.65 bits per heavy atom. The van der Waals surface area contributed by atoms with Crippen LogP contribution in [0.15, 0.2) is 35.5 Å². The van der Waals surface area contributed by atoms with E-state index in [-0.39, 0.29) is 6.54 Å². The van der Waals surface area contributed by atoms with E-state index in [0.717, 1.165) is 5.56 Å². The van der Waals surface area contributed by atoms with Gasteiger partial charge in [0.05, 0.1) is 12.3 Å². The molecule has 2 rings (SSSR count). The van der Waals surface area contributed by atoms with Crippen molar-refractivity contribution in [2.24, 2.45) is 5.16 Å². The molecule has 0 aliphatic carbocycles. The van der Waals surface area contributed by atoms with Crippen molar-refractivity contribution in [1.82, 2.24) is 4.90 Å². The number of carbonyl (C=O) groups excluding carboxylic acids is 1. The lowest BCUT2D eigenvalue weighted by molar-refractivity contribution is 0.0161. The number of oxime groups is 1. The molecule has 0 radical (unpaired) electrons. The van der Waals surface area contributed by atoms with Crippen LogP contribution in [0.4, 0.5) is 4.79 Å². The molecule has 1 unspecified atom stereocenters. The van der Waals surface area contributed by atoms with E-state index in [1.54, 1.807) is 0 Å². The Kier molecular flexibility index (Phi) is 5.60. The van der Waals surface area contributed by atoms with Gasteiger partial charge in [0.15, 0.2) is 0 Å². The topological polar surface area (TPSA) is 71.4 Å². The van der Waals surface area contributed by atoms with Crippen molar-refractivity contribution in [3.63, 3.8) is 0 Å². The van der Waals surface area contributed by atoms with Crippen LogP contribution in [0.1, 0.15) is 32.8 Å². The standard InChI is InChI=1S/C17H24N2O4/c1-17(2,3)23-16(21)19-10-9-14(15(20)11-19)18-22-12-13-7-5-4-6-8-13/h4-8,15,20H,9-12H2,1-3H3. The predicted octanol–water partition coefficient (Wildman–Crippen LogP) is 2.56. The van der Waals surface area contributed by atoms with E-state index in [4.69, 9.17) is 9.57 Å². The number of hydrogen-bond donors (Lipinski definition) is 1. The van der Waals surface area contributed by atoms with E-state index in [0.29, 0.717) is 25.3 Å². The summed E-state index contributed by atoms with van der Waals surface area (Å²) in [6.45, 7) is 6.43. The first kappa shape index (κ1) is 17.3. The van der Waals surface area contributed by atoms with E-state index < -0.39 is 17.8 Å². The Bertz CT molecular complexity index is 551. The lowest BCUT2D eigenvalue weighted by Crippen LogP contribution is -2.48. The zero-order chi connectivity index (χ0) is 16.9. The van der Waals surface area contributed by atoms with Crippen molar-refractivity contribution in [3.8, 4) is 0 Å². The van der Waals surface area contributed by atoms with Crippen molar-refractivity contribution in [3.05, 3.63) is 35.9 Å². The van der Waals surface area contributed by atoms with E-state index in [9.17, 15) is 9.90 Å². The molecule has 1 N–H and O–H groups in total. The average Bonchev–Trinajstić information content (AvgIpc) is 2.48. The maximum atomic E-state index is 12.0. The van der Waals surface area contributed by atoms with E-state index >= 15 is 0 Å². The van der Waals surface area contributed by atoms with E-state index in [2.05, 4.69) is 5.16 Å². The summed E-state index contributed by atoms with van der Waals surface area (Å²) in [5, 5.41) is 14.1. The normalized spacial score (nSPS) is 20.4. The number of aliphatic hydroxyl groups is 1. The van der Waals surface area contributed by atoms with Gasteiger partial charge in [0.1, 0.15) is 18.3 Å². The Balaban J connectivity index is 1.84. The van der Waals surface area contributed by atoms with Gasteiger partial charge < -0.3 is 19.6 Å². The smallest absolute Gasteiger partial charge is 0.410 e. The molecular weight excluding hydrogens is 296 g/mol. The van der Waals surface area contributed by atoms with Crippen LogP contribution in [0, 0.1) is 0 Å². The number of carbonyl (C=O) groups is 1. The molecule has 23 heavy (non-hydrogen) atoms. The second-order valence-corrected chi connectivity index (χ2v) is 6.53. The number of likely N-dealkylation sites (tertiary alicyclic amines) is 1. The summed E-state index contributed by atoms with van der Waals surface area (Å²) in [6.07, 6.45) is -0.775. The van der Waals surface area contributed by atoms with Crippen LogP contribution in [0.25, 0.3) is 0 Å². The number of amides is 1. The highest BCUT2D eigenvalue weighted by Gasteiger charge is 2.30. The lowest BCUT2D eigenvalue weighted by atomic mass is 10.1. The summed E-state index contributed by atoms with van der Waals surface area (Å²) in [5.41, 5.74) is 1.02. The molecule has 1 aliphatic rings. The minimum absolute atomic E-state index is 0.169. The molecule has 1 atom stereocenters. The molecule has 0 spiro atoms. The van der Waals surface area contributed by atoms with Crippen LogP contribution in [0.5, 0.6) is 0 Å². The second kappa shape index (κ2) is 7.46. The Hall–Kier alpha value is -2.08. The van der Waals surface area contributed by atoms with Crippen LogP contribution >= 0.6 is 0 Å². The van der Waals surface area contributed by atoms with Gasteiger partial charge in [-0.25, -0.2) is 4.79 Å². The van der Waals surface area contributed by atoms with Gasteiger partial charge in [-0.2, -0.15) is 0 Å². The van der Waals surface area contributed by atoms with E-state index in [1.807, 2.05) is 51.1 Å². The van der Waals surface area contributed by atoms with Crippen molar-refractivity contribution in [1.29, 1.82) is 0 Å². The SMILES string of the molecule is CC(C)(C)OC(=O)N1CCC(=NOCc2ccccc2)C(O)C1. The maximum Gasteiger partial charge on any atom is 0.410 e. The molecule has 6 heteroatoms. The molecule has 0 aromatic heterocycles. The Morgan fingerprint density at radius 2 is 2.04 bits per heavy atom. The number of hydrogen-bond acceptors (Lipinski definition) is 5. The number of aliphatic hydroxyl groups excluding tert-OH is 1. The highest BCUT2D eigenvalue weighted by molar-refractivity contribution is 5.90. The zero-order valence-corrected chi connectivity index (χ0v) is 13.9. The molecule has 1 amide bonds. The number of rotatable bonds is 3. The minimum Gasteiger partial charge on any atom is -0.444 e. The van der Waals surface area contributed by atoms with Crippen molar-refractivity contribution in [2.75, 3.05) is 13.1 Å². The molecule has 1 aromatic carbocycles. The minimum atomic E-state index is -0.827. The molecule has 1 aromatic rings. The van der Waals surface area contributed by atoms with Gasteiger partial charge in [0.2, 0.25) is 0 Å². The third kappa shape index (κ3) is 5.56. The van der Waals surface area contributed by atoms with Crippen LogP contribution in [0.2, 0.25) is 0 Å². The highest BCUT2D eigenvalue weighted by atomic mass is 16.6. The maximum absolute atomic E-state index is 12.0. The molecule has 1 heterocycles. The molecule has 6 nitrogen and oxygen atoms in total. The van der Waals surface area contributed by atoms with Gasteiger partial charge in [-0.3, -0.25) is 0 Å². The summed E-state index contributed by atoms with van der Waals surface area (Å²) in [5.74, 6) is 0. The summed E-state index contributed by atoms with van der Waals surface area (Å²) in [4.78, 5) is 18.8. The lowest BCUT2D eigenvalue weighted by Gasteiger charge is -2.32. The van der Waals surface area contributed by atoms with Gasteiger partial charge in [-0.15, -0.1) is 0 Å². The molecule has 1 saturated heterocycles. The first-order valence-electron chi connectivity index (χ1n) is 7.74. The molecular formula is C17H24N2O4. The fourth-order valence-electron chi connectivity index (χ4n) is 2.18. The van der Waals surface area contributed by atoms with Gasteiger partial charge in [-0.05, 0) is 26.3 Å². The zero-order valence-electron chi connectivity index (χ0n) is 13.9. The summed E-state index contributed by atoms with van der Waals surface area (Å²) in [6, 6.07) is 9.69.